The van der Waals surface area contributed by atoms with Gasteiger partial charge in [0.25, 0.3) is 0 Å². The summed E-state index contributed by atoms with van der Waals surface area (Å²) in [6.45, 7) is 5.94. The van der Waals surface area contributed by atoms with Crippen molar-refractivity contribution >= 4 is 70.9 Å². The van der Waals surface area contributed by atoms with Crippen molar-refractivity contribution in [3.63, 3.8) is 0 Å². The highest BCUT2D eigenvalue weighted by molar-refractivity contribution is 6.29. The molecule has 0 aliphatic rings. The van der Waals surface area contributed by atoms with E-state index in [0.29, 0.717) is 17.5 Å². The Morgan fingerprint density at radius 2 is 1.17 bits per heavy atom. The van der Waals surface area contributed by atoms with E-state index < -0.39 is 0 Å². The Bertz CT molecular complexity index is 3430. The van der Waals surface area contributed by atoms with Crippen LogP contribution in [0.3, 0.4) is 0 Å². The van der Waals surface area contributed by atoms with E-state index in [2.05, 4.69) is 132 Å². The Kier molecular flexibility index (Phi) is 8.12. The molecule has 11 aromatic rings. The number of nitrogens with zero attached hydrogens (tertiary/aromatic N) is 4. The van der Waals surface area contributed by atoms with Gasteiger partial charge in [0, 0.05) is 38.2 Å². The summed E-state index contributed by atoms with van der Waals surface area (Å²) in [6.07, 6.45) is 7.66. The maximum Gasteiger partial charge on any atom is 0.164 e. The smallest absolute Gasteiger partial charge is 0.164 e. The molecule has 0 aliphatic heterocycles. The van der Waals surface area contributed by atoms with E-state index in [-0.39, 0.29) is 0 Å². The average molecular weight is 757 g/mol. The molecule has 278 valence electrons. The van der Waals surface area contributed by atoms with Gasteiger partial charge in [-0.05, 0) is 76.0 Å². The lowest BCUT2D eigenvalue weighted by molar-refractivity contribution is 0.666. The molecule has 3 heterocycles. The van der Waals surface area contributed by atoms with E-state index in [0.717, 1.165) is 66.5 Å². The van der Waals surface area contributed by atoms with Gasteiger partial charge in [-0.2, -0.15) is 0 Å². The van der Waals surface area contributed by atoms with Crippen molar-refractivity contribution in [2.75, 3.05) is 0 Å². The van der Waals surface area contributed by atoms with Crippen molar-refractivity contribution in [2.24, 2.45) is 0 Å². The molecule has 0 bridgehead atoms. The lowest BCUT2D eigenvalue weighted by Gasteiger charge is -2.12. The van der Waals surface area contributed by atoms with Crippen molar-refractivity contribution in [2.45, 2.75) is 6.92 Å². The molecule has 0 aliphatic carbocycles. The monoisotopic (exact) mass is 756 g/mol. The third-order valence-electron chi connectivity index (χ3n) is 11.3. The van der Waals surface area contributed by atoms with Gasteiger partial charge in [-0.15, -0.1) is 0 Å². The van der Waals surface area contributed by atoms with E-state index in [9.17, 15) is 0 Å². The Morgan fingerprint density at radius 3 is 1.81 bits per heavy atom. The Hall–Kier alpha value is -7.89. The molecule has 0 atom stereocenters. The minimum atomic E-state index is 0.572. The minimum absolute atomic E-state index is 0.572. The van der Waals surface area contributed by atoms with Gasteiger partial charge in [-0.25, -0.2) is 15.0 Å². The van der Waals surface area contributed by atoms with E-state index in [4.69, 9.17) is 19.4 Å². The van der Waals surface area contributed by atoms with E-state index in [1.807, 2.05) is 67.6 Å². The summed E-state index contributed by atoms with van der Waals surface area (Å²) in [6, 6.07) is 57.7. The van der Waals surface area contributed by atoms with Gasteiger partial charge in [0.1, 0.15) is 5.58 Å². The quantitative estimate of drug-likeness (QED) is 0.152. The number of hydrogen-bond acceptors (Lipinski definition) is 4. The van der Waals surface area contributed by atoms with Crippen LogP contribution in [0.1, 0.15) is 12.7 Å². The van der Waals surface area contributed by atoms with Crippen molar-refractivity contribution in [1.29, 1.82) is 0 Å². The minimum Gasteiger partial charge on any atom is -0.454 e. The summed E-state index contributed by atoms with van der Waals surface area (Å²) in [7, 11) is 0. The Labute approximate surface area is 340 Å². The lowest BCUT2D eigenvalue weighted by atomic mass is 9.98. The predicted octanol–water partition coefficient (Wildman–Crippen LogP) is 14.3. The van der Waals surface area contributed by atoms with Crippen LogP contribution in [-0.2, 0) is 0 Å². The number of rotatable bonds is 7. The molecule has 5 heteroatoms. The second-order valence-corrected chi connectivity index (χ2v) is 14.7. The van der Waals surface area contributed by atoms with Crippen LogP contribution >= 0.6 is 0 Å². The van der Waals surface area contributed by atoms with Gasteiger partial charge in [0.2, 0.25) is 0 Å². The molecule has 0 amide bonds. The zero-order valence-electron chi connectivity index (χ0n) is 32.3. The molecular formula is C54H36N4O. The fraction of sp³-hybridized carbons (Fsp3) is 0.0185. The highest BCUT2D eigenvalue weighted by Gasteiger charge is 2.23. The second kappa shape index (κ2) is 13.9. The van der Waals surface area contributed by atoms with Crippen LogP contribution in [-0.4, -0.2) is 19.5 Å². The van der Waals surface area contributed by atoms with Gasteiger partial charge < -0.3 is 8.98 Å². The first kappa shape index (κ1) is 34.4. The van der Waals surface area contributed by atoms with Crippen molar-refractivity contribution in [3.05, 3.63) is 200 Å². The Morgan fingerprint density at radius 1 is 0.559 bits per heavy atom. The lowest BCUT2D eigenvalue weighted by Crippen LogP contribution is -2.02. The number of furan rings is 1. The molecule has 0 N–H and O–H groups in total. The number of fused-ring (bicyclic) bond motifs is 10. The summed E-state index contributed by atoms with van der Waals surface area (Å²) in [5.74, 6) is 1.74. The molecular weight excluding hydrogens is 721 g/mol. The maximum atomic E-state index is 7.05. The van der Waals surface area contributed by atoms with Gasteiger partial charge in [-0.3, -0.25) is 0 Å². The van der Waals surface area contributed by atoms with Crippen LogP contribution in [0.4, 0.5) is 0 Å². The van der Waals surface area contributed by atoms with Crippen LogP contribution in [0.2, 0.25) is 0 Å². The van der Waals surface area contributed by atoms with Crippen LogP contribution in [0.15, 0.2) is 199 Å². The van der Waals surface area contributed by atoms with Gasteiger partial charge in [0.05, 0.1) is 16.7 Å². The van der Waals surface area contributed by atoms with Gasteiger partial charge in [-0.1, -0.05) is 158 Å². The molecule has 0 unspecified atom stereocenters. The molecule has 0 spiro atoms. The molecule has 11 rings (SSSR count). The SMILES string of the molecule is C=C/C=C(\C=C/C)c1nc(-c2ccccc2)nc(-c2ccc3oc4c(-n5c6ccc7ccccc7c6c6c7ccccc7ccc65)ccc(-c5ccccc5)c4c3c2)n1. The van der Waals surface area contributed by atoms with Crippen molar-refractivity contribution < 1.29 is 4.42 Å². The zero-order chi connectivity index (χ0) is 39.5. The first-order valence-corrected chi connectivity index (χ1v) is 19.8. The van der Waals surface area contributed by atoms with Crippen LogP contribution in [0.5, 0.6) is 0 Å². The summed E-state index contributed by atoms with van der Waals surface area (Å²) in [5, 5.41) is 9.35. The van der Waals surface area contributed by atoms with Crippen LogP contribution in [0.25, 0.3) is 110 Å². The molecule has 59 heavy (non-hydrogen) atoms. The number of benzene rings is 8. The summed E-state index contributed by atoms with van der Waals surface area (Å²) >= 11 is 0. The normalized spacial score (nSPS) is 12.3. The molecule has 3 aromatic heterocycles. The fourth-order valence-corrected chi connectivity index (χ4v) is 8.71. The highest BCUT2D eigenvalue weighted by atomic mass is 16.3. The van der Waals surface area contributed by atoms with E-state index in [1.165, 1.54) is 32.3 Å². The first-order valence-electron chi connectivity index (χ1n) is 19.8. The standard InChI is InChI=1S/C54H36N4O/c1-3-15-37(16-4-2)52-55-53(38-21-9-6-10-22-38)57-54(56-52)39-27-32-47-43(33-39)48-42(34-17-7-5-8-18-34)28-31-46(51(48)59-47)58-44-29-25-35-19-11-13-23-40(35)49(44)50-41-24-14-12-20-36(41)26-30-45(50)58/h3-33H,1H2,2H3/b16-4-,37-15+. The Balaban J connectivity index is 1.22. The topological polar surface area (TPSA) is 56.7 Å². The van der Waals surface area contributed by atoms with Gasteiger partial charge in [0.15, 0.2) is 23.1 Å². The van der Waals surface area contributed by atoms with Gasteiger partial charge >= 0.3 is 0 Å². The average Bonchev–Trinajstić information content (AvgIpc) is 3.86. The molecule has 8 aromatic carbocycles. The van der Waals surface area contributed by atoms with Crippen LogP contribution < -0.4 is 0 Å². The third-order valence-corrected chi connectivity index (χ3v) is 11.3. The van der Waals surface area contributed by atoms with E-state index in [1.54, 1.807) is 6.08 Å². The van der Waals surface area contributed by atoms with Crippen molar-refractivity contribution in [1.82, 2.24) is 19.5 Å². The zero-order valence-corrected chi connectivity index (χ0v) is 32.3. The van der Waals surface area contributed by atoms with Crippen LogP contribution in [0, 0.1) is 0 Å². The summed E-state index contributed by atoms with van der Waals surface area (Å²) in [4.78, 5) is 15.1. The number of allylic oxidation sites excluding steroid dienone is 5. The number of hydrogen-bond donors (Lipinski definition) is 0. The van der Waals surface area contributed by atoms with E-state index >= 15 is 0 Å². The number of aromatic nitrogens is 4. The fourth-order valence-electron chi connectivity index (χ4n) is 8.71. The summed E-state index contributed by atoms with van der Waals surface area (Å²) in [5.41, 5.74) is 9.63. The van der Waals surface area contributed by atoms with Crippen molar-refractivity contribution in [3.8, 4) is 39.6 Å². The molecule has 5 nitrogen and oxygen atoms in total. The maximum absolute atomic E-state index is 7.05. The molecule has 0 radical (unpaired) electrons. The third kappa shape index (κ3) is 5.58. The summed E-state index contributed by atoms with van der Waals surface area (Å²) < 4.78 is 9.44. The molecule has 0 fully saturated rings. The first-order chi connectivity index (χ1) is 29.2. The highest BCUT2D eigenvalue weighted by Crippen LogP contribution is 2.45. The second-order valence-electron chi connectivity index (χ2n) is 14.7. The predicted molar refractivity (Wildman–Crippen MR) is 246 cm³/mol. The largest absolute Gasteiger partial charge is 0.454 e. The molecule has 0 saturated heterocycles. The molecule has 0 saturated carbocycles.